The molecule has 0 unspecified atom stereocenters. The van der Waals surface area contributed by atoms with Gasteiger partial charge in [0.1, 0.15) is 11.6 Å². The van der Waals surface area contributed by atoms with Crippen molar-refractivity contribution in [2.24, 2.45) is 0 Å². The van der Waals surface area contributed by atoms with E-state index in [4.69, 9.17) is 0 Å². The zero-order chi connectivity index (χ0) is 13.1. The lowest BCUT2D eigenvalue weighted by atomic mass is 10.2. The zero-order valence-corrected chi connectivity index (χ0v) is 13.8. The second-order valence-corrected chi connectivity index (χ2v) is 6.26. The van der Waals surface area contributed by atoms with Crippen molar-refractivity contribution in [1.82, 2.24) is 4.98 Å². The Kier molecular flexibility index (Phi) is 4.75. The molecule has 0 atom stereocenters. The van der Waals surface area contributed by atoms with E-state index in [1.54, 1.807) is 18.3 Å². The number of rotatable bonds is 3. The number of benzene rings is 1. The highest BCUT2D eigenvalue weighted by Gasteiger charge is 2.05. The van der Waals surface area contributed by atoms with Crippen LogP contribution in [0.4, 0.5) is 10.2 Å². The molecule has 2 nitrogen and oxygen atoms in total. The first kappa shape index (κ1) is 14.0. The molecule has 6 heteroatoms. The number of hydrogen-bond donors (Lipinski definition) is 1. The van der Waals surface area contributed by atoms with Crippen molar-refractivity contribution in [2.75, 3.05) is 5.32 Å². The number of nitrogens with one attached hydrogen (secondary N) is 1. The summed E-state index contributed by atoms with van der Waals surface area (Å²) < 4.78 is 16.1. The fourth-order valence-electron chi connectivity index (χ4n) is 1.40. The van der Waals surface area contributed by atoms with Crippen LogP contribution >= 0.6 is 47.8 Å². The Labute approximate surface area is 129 Å². The second kappa shape index (κ2) is 6.12. The van der Waals surface area contributed by atoms with Gasteiger partial charge in [-0.25, -0.2) is 9.37 Å². The smallest absolute Gasteiger partial charge is 0.140 e. The van der Waals surface area contributed by atoms with E-state index >= 15 is 0 Å². The van der Waals surface area contributed by atoms with Gasteiger partial charge in [-0.1, -0.05) is 15.9 Å². The molecule has 0 aliphatic carbocycles. The lowest BCUT2D eigenvalue weighted by Gasteiger charge is -2.09. The molecule has 2 rings (SSSR count). The summed E-state index contributed by atoms with van der Waals surface area (Å²) in [6.45, 7) is 0.374. The zero-order valence-electron chi connectivity index (χ0n) is 9.05. The van der Waals surface area contributed by atoms with Gasteiger partial charge in [-0.3, -0.25) is 0 Å². The van der Waals surface area contributed by atoms with Crippen LogP contribution in [0.3, 0.4) is 0 Å². The number of anilines is 1. The summed E-state index contributed by atoms with van der Waals surface area (Å²) in [7, 11) is 0. The van der Waals surface area contributed by atoms with Gasteiger partial charge in [-0.05, 0) is 56.1 Å². The average Bonchev–Trinajstić information content (AvgIpc) is 2.32. The van der Waals surface area contributed by atoms with Crippen LogP contribution in [0.1, 0.15) is 5.56 Å². The van der Waals surface area contributed by atoms with E-state index in [0.717, 1.165) is 13.4 Å². The molecule has 0 saturated heterocycles. The predicted octanol–water partition coefficient (Wildman–Crippen LogP) is 5.12. The van der Waals surface area contributed by atoms with Crippen molar-refractivity contribution in [3.63, 3.8) is 0 Å². The van der Waals surface area contributed by atoms with Crippen molar-refractivity contribution in [3.05, 3.63) is 55.3 Å². The van der Waals surface area contributed by atoms with E-state index in [0.29, 0.717) is 17.9 Å². The number of halogens is 4. The van der Waals surface area contributed by atoms with E-state index in [1.165, 1.54) is 6.07 Å². The molecule has 1 aromatic carbocycles. The van der Waals surface area contributed by atoms with E-state index in [1.807, 2.05) is 6.07 Å². The van der Waals surface area contributed by atoms with Crippen molar-refractivity contribution in [3.8, 4) is 0 Å². The average molecular weight is 439 g/mol. The maximum atomic E-state index is 13.5. The highest BCUT2D eigenvalue weighted by Crippen LogP contribution is 2.24. The first-order valence-corrected chi connectivity index (χ1v) is 7.43. The number of pyridine rings is 1. The third-order valence-corrected chi connectivity index (χ3v) is 3.79. The Morgan fingerprint density at radius 1 is 1.11 bits per heavy atom. The molecular weight excluding hydrogens is 431 g/mol. The molecule has 0 aliphatic heterocycles. The van der Waals surface area contributed by atoms with Crippen LogP contribution in [-0.2, 0) is 6.54 Å². The van der Waals surface area contributed by atoms with Crippen LogP contribution < -0.4 is 5.32 Å². The SMILES string of the molecule is Fc1ccc(Br)cc1CNc1ncc(Br)cc1Br. The fraction of sp³-hybridized carbons (Fsp3) is 0.0833. The summed E-state index contributed by atoms with van der Waals surface area (Å²) in [6, 6.07) is 6.74. The molecule has 18 heavy (non-hydrogen) atoms. The largest absolute Gasteiger partial charge is 0.365 e. The molecule has 0 saturated carbocycles. The maximum absolute atomic E-state index is 13.5. The standard InChI is InChI=1S/C12H8Br3FN2/c13-8-1-2-11(16)7(3-8)5-17-12-10(15)4-9(14)6-18-12/h1-4,6H,5H2,(H,17,18). The van der Waals surface area contributed by atoms with Crippen molar-refractivity contribution in [2.45, 2.75) is 6.54 Å². The summed E-state index contributed by atoms with van der Waals surface area (Å²) in [5.74, 6) is 0.441. The Morgan fingerprint density at radius 2 is 1.89 bits per heavy atom. The number of nitrogens with zero attached hydrogens (tertiary/aromatic N) is 1. The van der Waals surface area contributed by atoms with Crippen LogP contribution in [0.2, 0.25) is 0 Å². The molecule has 1 heterocycles. The molecule has 0 spiro atoms. The van der Waals surface area contributed by atoms with Gasteiger partial charge in [0.15, 0.2) is 0 Å². The van der Waals surface area contributed by atoms with Gasteiger partial charge in [-0.15, -0.1) is 0 Å². The monoisotopic (exact) mass is 436 g/mol. The van der Waals surface area contributed by atoms with Crippen LogP contribution in [0, 0.1) is 5.82 Å². The van der Waals surface area contributed by atoms with E-state index < -0.39 is 0 Å². The van der Waals surface area contributed by atoms with Crippen LogP contribution in [0.5, 0.6) is 0 Å². The van der Waals surface area contributed by atoms with Crippen LogP contribution in [0.15, 0.2) is 43.9 Å². The third-order valence-electron chi connectivity index (χ3n) is 2.26. The van der Waals surface area contributed by atoms with Gasteiger partial charge >= 0.3 is 0 Å². The van der Waals surface area contributed by atoms with Crippen molar-refractivity contribution >= 4 is 53.6 Å². The summed E-state index contributed by atoms with van der Waals surface area (Å²) in [5, 5.41) is 3.08. The topological polar surface area (TPSA) is 24.9 Å². The summed E-state index contributed by atoms with van der Waals surface area (Å²) >= 11 is 10.0. The fourth-order valence-corrected chi connectivity index (χ4v) is 2.94. The lowest BCUT2D eigenvalue weighted by molar-refractivity contribution is 0.612. The van der Waals surface area contributed by atoms with Crippen molar-refractivity contribution < 1.29 is 4.39 Å². The van der Waals surface area contributed by atoms with Gasteiger partial charge in [0.05, 0.1) is 4.47 Å². The second-order valence-electron chi connectivity index (χ2n) is 3.57. The molecule has 0 fully saturated rings. The van der Waals surface area contributed by atoms with Crippen LogP contribution in [-0.4, -0.2) is 4.98 Å². The Morgan fingerprint density at radius 3 is 2.61 bits per heavy atom. The quantitative estimate of drug-likeness (QED) is 0.719. The van der Waals surface area contributed by atoms with Gasteiger partial charge in [0.25, 0.3) is 0 Å². The molecule has 94 valence electrons. The minimum atomic E-state index is -0.237. The molecule has 0 radical (unpaired) electrons. The summed E-state index contributed by atoms with van der Waals surface area (Å²) in [6.07, 6.45) is 1.68. The van der Waals surface area contributed by atoms with Crippen molar-refractivity contribution in [1.29, 1.82) is 0 Å². The molecule has 2 aromatic rings. The lowest BCUT2D eigenvalue weighted by Crippen LogP contribution is -2.04. The number of aromatic nitrogens is 1. The Balaban J connectivity index is 2.13. The molecule has 1 N–H and O–H groups in total. The van der Waals surface area contributed by atoms with E-state index in [2.05, 4.69) is 58.1 Å². The first-order chi connectivity index (χ1) is 8.56. The maximum Gasteiger partial charge on any atom is 0.140 e. The molecule has 0 aliphatic rings. The molecular formula is C12H8Br3FN2. The number of hydrogen-bond acceptors (Lipinski definition) is 2. The van der Waals surface area contributed by atoms with Crippen LogP contribution in [0.25, 0.3) is 0 Å². The minimum Gasteiger partial charge on any atom is -0.365 e. The summed E-state index contributed by atoms with van der Waals surface area (Å²) in [4.78, 5) is 4.21. The minimum absolute atomic E-state index is 0.237. The van der Waals surface area contributed by atoms with Gasteiger partial charge in [0, 0.05) is 27.3 Å². The summed E-state index contributed by atoms with van der Waals surface area (Å²) in [5.41, 5.74) is 0.584. The highest BCUT2D eigenvalue weighted by atomic mass is 79.9. The van der Waals surface area contributed by atoms with E-state index in [-0.39, 0.29) is 5.82 Å². The normalized spacial score (nSPS) is 10.4. The Hall–Kier alpha value is -0.460. The van der Waals surface area contributed by atoms with E-state index in [9.17, 15) is 4.39 Å². The third kappa shape index (κ3) is 3.52. The highest BCUT2D eigenvalue weighted by molar-refractivity contribution is 9.11. The predicted molar refractivity (Wildman–Crippen MR) is 81.1 cm³/mol. The first-order valence-electron chi connectivity index (χ1n) is 5.05. The van der Waals surface area contributed by atoms with Gasteiger partial charge < -0.3 is 5.32 Å². The van der Waals surface area contributed by atoms with Gasteiger partial charge in [-0.2, -0.15) is 0 Å². The molecule has 1 aromatic heterocycles. The molecule has 0 amide bonds. The Bertz CT molecular complexity index is 575. The molecule has 0 bridgehead atoms. The van der Waals surface area contributed by atoms with Gasteiger partial charge in [0.2, 0.25) is 0 Å².